The lowest BCUT2D eigenvalue weighted by atomic mass is 9.96. The maximum atomic E-state index is 9.95. The Morgan fingerprint density at radius 2 is 1.74 bits per heavy atom. The highest BCUT2D eigenvalue weighted by atomic mass is 16.5. The van der Waals surface area contributed by atoms with Gasteiger partial charge < -0.3 is 20.3 Å². The molecule has 1 fully saturated rings. The summed E-state index contributed by atoms with van der Waals surface area (Å²) in [4.78, 5) is 0. The fourth-order valence-electron chi connectivity index (χ4n) is 2.76. The van der Waals surface area contributed by atoms with Crippen molar-refractivity contribution in [2.24, 2.45) is 5.92 Å². The van der Waals surface area contributed by atoms with Crippen molar-refractivity contribution in [3.63, 3.8) is 0 Å². The fourth-order valence-corrected chi connectivity index (χ4v) is 2.76. The van der Waals surface area contributed by atoms with Gasteiger partial charge in [-0.15, -0.1) is 0 Å². The number of nitrogens with one attached hydrogen (secondary N) is 1. The van der Waals surface area contributed by atoms with Crippen molar-refractivity contribution in [3.05, 3.63) is 0 Å². The molecule has 114 valence electrons. The molecule has 0 radical (unpaired) electrons. The van der Waals surface area contributed by atoms with Crippen molar-refractivity contribution in [3.8, 4) is 0 Å². The van der Waals surface area contributed by atoms with Gasteiger partial charge in [0.25, 0.3) is 0 Å². The van der Waals surface area contributed by atoms with Gasteiger partial charge in [-0.25, -0.2) is 0 Å². The highest BCUT2D eigenvalue weighted by Gasteiger charge is 2.18. The molecule has 0 spiro atoms. The Bertz CT molecular complexity index is 215. The SMILES string of the molecule is CCC(CC)C(O)CNCC(O)COC1CCCC1. The third-order valence-corrected chi connectivity index (χ3v) is 4.15. The van der Waals surface area contributed by atoms with Crippen LogP contribution in [0.15, 0.2) is 0 Å². The van der Waals surface area contributed by atoms with Gasteiger partial charge in [-0.2, -0.15) is 0 Å². The smallest absolute Gasteiger partial charge is 0.0897 e. The van der Waals surface area contributed by atoms with Crippen LogP contribution in [0.1, 0.15) is 52.4 Å². The van der Waals surface area contributed by atoms with Crippen molar-refractivity contribution < 1.29 is 14.9 Å². The number of ether oxygens (including phenoxy) is 1. The molecule has 0 aromatic carbocycles. The summed E-state index contributed by atoms with van der Waals surface area (Å²) in [7, 11) is 0. The maximum absolute atomic E-state index is 9.95. The summed E-state index contributed by atoms with van der Waals surface area (Å²) < 4.78 is 5.66. The second-order valence-corrected chi connectivity index (χ2v) is 5.70. The van der Waals surface area contributed by atoms with Crippen LogP contribution in [-0.4, -0.2) is 48.2 Å². The van der Waals surface area contributed by atoms with Gasteiger partial charge in [-0.3, -0.25) is 0 Å². The molecular formula is C15H31NO3. The molecule has 0 aromatic rings. The zero-order chi connectivity index (χ0) is 14.1. The number of aliphatic hydroxyl groups is 2. The minimum Gasteiger partial charge on any atom is -0.392 e. The molecule has 3 N–H and O–H groups in total. The van der Waals surface area contributed by atoms with Crippen LogP contribution in [0.4, 0.5) is 0 Å². The zero-order valence-electron chi connectivity index (χ0n) is 12.5. The van der Waals surface area contributed by atoms with Crippen LogP contribution in [0.5, 0.6) is 0 Å². The second kappa shape index (κ2) is 9.70. The second-order valence-electron chi connectivity index (χ2n) is 5.70. The first-order valence-electron chi connectivity index (χ1n) is 7.85. The van der Waals surface area contributed by atoms with Gasteiger partial charge in [0.1, 0.15) is 0 Å². The van der Waals surface area contributed by atoms with Gasteiger partial charge in [-0.05, 0) is 18.8 Å². The molecule has 19 heavy (non-hydrogen) atoms. The Labute approximate surface area is 117 Å². The largest absolute Gasteiger partial charge is 0.392 e. The minimum absolute atomic E-state index is 0.321. The number of hydrogen-bond acceptors (Lipinski definition) is 4. The molecule has 1 aliphatic rings. The first kappa shape index (κ1) is 16.9. The first-order valence-corrected chi connectivity index (χ1v) is 7.85. The van der Waals surface area contributed by atoms with Crippen LogP contribution >= 0.6 is 0 Å². The average molecular weight is 273 g/mol. The fraction of sp³-hybridized carbons (Fsp3) is 1.00. The van der Waals surface area contributed by atoms with Crippen molar-refractivity contribution in [1.29, 1.82) is 0 Å². The van der Waals surface area contributed by atoms with Crippen molar-refractivity contribution in [2.75, 3.05) is 19.7 Å². The summed E-state index contributed by atoms with van der Waals surface area (Å²) in [5.74, 6) is 0.347. The van der Waals surface area contributed by atoms with Crippen LogP contribution in [-0.2, 0) is 4.74 Å². The van der Waals surface area contributed by atoms with E-state index in [1.165, 1.54) is 12.8 Å². The topological polar surface area (TPSA) is 61.7 Å². The van der Waals surface area contributed by atoms with E-state index in [1.54, 1.807) is 0 Å². The van der Waals surface area contributed by atoms with Crippen LogP contribution in [0.3, 0.4) is 0 Å². The van der Waals surface area contributed by atoms with E-state index in [9.17, 15) is 10.2 Å². The predicted molar refractivity (Wildman–Crippen MR) is 77.2 cm³/mol. The molecule has 0 amide bonds. The van der Waals surface area contributed by atoms with E-state index in [0.29, 0.717) is 31.7 Å². The normalized spacial score (nSPS) is 20.1. The zero-order valence-corrected chi connectivity index (χ0v) is 12.5. The Hall–Kier alpha value is -0.160. The van der Waals surface area contributed by atoms with Crippen LogP contribution in [0, 0.1) is 5.92 Å². The molecule has 0 aromatic heterocycles. The Kier molecular flexibility index (Phi) is 8.62. The van der Waals surface area contributed by atoms with E-state index in [4.69, 9.17) is 4.74 Å². The molecule has 1 aliphatic carbocycles. The molecular weight excluding hydrogens is 242 g/mol. The van der Waals surface area contributed by atoms with E-state index < -0.39 is 6.10 Å². The standard InChI is InChI=1S/C15H31NO3/c1-3-12(4-2)15(18)10-16-9-13(17)11-19-14-7-5-6-8-14/h12-18H,3-11H2,1-2H3. The summed E-state index contributed by atoms with van der Waals surface area (Å²) >= 11 is 0. The summed E-state index contributed by atoms with van der Waals surface area (Å²) in [6.07, 6.45) is 6.30. The van der Waals surface area contributed by atoms with E-state index in [1.807, 2.05) is 0 Å². The lowest BCUT2D eigenvalue weighted by molar-refractivity contribution is -0.00689. The third-order valence-electron chi connectivity index (χ3n) is 4.15. The number of aliphatic hydroxyl groups excluding tert-OH is 2. The van der Waals surface area contributed by atoms with Crippen LogP contribution < -0.4 is 5.32 Å². The molecule has 1 saturated carbocycles. The maximum Gasteiger partial charge on any atom is 0.0897 e. The Morgan fingerprint density at radius 1 is 1.11 bits per heavy atom. The molecule has 1 rings (SSSR count). The van der Waals surface area contributed by atoms with Gasteiger partial charge in [0.2, 0.25) is 0 Å². The van der Waals surface area contributed by atoms with Gasteiger partial charge in [0.15, 0.2) is 0 Å². The molecule has 0 aliphatic heterocycles. The molecule has 2 unspecified atom stereocenters. The molecule has 4 nitrogen and oxygen atoms in total. The Morgan fingerprint density at radius 3 is 2.32 bits per heavy atom. The van der Waals surface area contributed by atoms with Crippen molar-refractivity contribution >= 4 is 0 Å². The van der Waals surface area contributed by atoms with Gasteiger partial charge in [-0.1, -0.05) is 39.5 Å². The summed E-state index contributed by atoms with van der Waals surface area (Å²) in [5.41, 5.74) is 0. The summed E-state index contributed by atoms with van der Waals surface area (Å²) in [6.45, 7) is 5.64. The van der Waals surface area contributed by atoms with Gasteiger partial charge in [0, 0.05) is 13.1 Å². The number of rotatable bonds is 10. The summed E-state index contributed by atoms with van der Waals surface area (Å²) in [5, 5.41) is 22.9. The van der Waals surface area contributed by atoms with Crippen molar-refractivity contribution in [2.45, 2.75) is 70.7 Å². The summed E-state index contributed by atoms with van der Waals surface area (Å²) in [6, 6.07) is 0. The van der Waals surface area contributed by atoms with E-state index in [0.717, 1.165) is 25.7 Å². The molecule has 4 heteroatoms. The molecule has 0 saturated heterocycles. The number of hydrogen-bond donors (Lipinski definition) is 3. The van der Waals surface area contributed by atoms with Crippen molar-refractivity contribution in [1.82, 2.24) is 5.32 Å². The quantitative estimate of drug-likeness (QED) is 0.567. The molecule has 0 bridgehead atoms. The molecule has 0 heterocycles. The third kappa shape index (κ3) is 6.70. The monoisotopic (exact) mass is 273 g/mol. The lowest BCUT2D eigenvalue weighted by Crippen LogP contribution is -2.38. The Balaban J connectivity index is 2.04. The van der Waals surface area contributed by atoms with Gasteiger partial charge in [0.05, 0.1) is 24.9 Å². The van der Waals surface area contributed by atoms with E-state index in [2.05, 4.69) is 19.2 Å². The highest BCUT2D eigenvalue weighted by molar-refractivity contribution is 4.71. The predicted octanol–water partition coefficient (Wildman–Crippen LogP) is 1.69. The molecule has 2 atom stereocenters. The van der Waals surface area contributed by atoms with Gasteiger partial charge >= 0.3 is 0 Å². The minimum atomic E-state index is -0.477. The average Bonchev–Trinajstić information content (AvgIpc) is 2.91. The first-order chi connectivity index (χ1) is 9.17. The highest BCUT2D eigenvalue weighted by Crippen LogP contribution is 2.20. The van der Waals surface area contributed by atoms with E-state index >= 15 is 0 Å². The van der Waals surface area contributed by atoms with E-state index in [-0.39, 0.29) is 6.10 Å². The van der Waals surface area contributed by atoms with Crippen LogP contribution in [0.25, 0.3) is 0 Å². The van der Waals surface area contributed by atoms with Crippen LogP contribution in [0.2, 0.25) is 0 Å². The lowest BCUT2D eigenvalue weighted by Gasteiger charge is -2.21.